The van der Waals surface area contributed by atoms with E-state index in [0.29, 0.717) is 6.42 Å². The van der Waals surface area contributed by atoms with Crippen LogP contribution < -0.4 is 0 Å². The van der Waals surface area contributed by atoms with Gasteiger partial charge in [0.15, 0.2) is 12.2 Å². The third-order valence-electron chi connectivity index (χ3n) is 9.70. The SMILES string of the molecule is CCC(C)C(=O)OCC12C(OC(C)=O)C(OC(C)=O)CC(C)(O)C13OC(C)(C)C(C(OC(C)=O)C2OC(=O)c1ccccc1)C3O. The standard InChI is InChI=1S/C33H44O13/c1-9-17(2)28(38)41-16-32-26(44-20(5)36)22(42-18(3)34)15-31(8,40)33(32)25(37)23(30(6,7)46-33)24(43-19(4)35)27(32)45-29(39)21-13-11-10-12-14-21/h10-14,17,22-27,37,40H,9,15-16H2,1-8H3. The second-order valence-electron chi connectivity index (χ2n) is 13.3. The van der Waals surface area contributed by atoms with Crippen molar-refractivity contribution in [3.05, 3.63) is 35.9 Å². The number of aliphatic hydroxyl groups is 2. The predicted octanol–water partition coefficient (Wildman–Crippen LogP) is 2.28. The zero-order chi connectivity index (χ0) is 34.4. The second kappa shape index (κ2) is 12.6. The molecule has 0 radical (unpaired) electrons. The zero-order valence-electron chi connectivity index (χ0n) is 27.4. The van der Waals surface area contributed by atoms with E-state index in [1.807, 2.05) is 0 Å². The summed E-state index contributed by atoms with van der Waals surface area (Å²) in [4.78, 5) is 65.1. The van der Waals surface area contributed by atoms with E-state index >= 15 is 0 Å². The molecule has 1 aromatic carbocycles. The molecule has 2 aliphatic carbocycles. The molecule has 0 aromatic heterocycles. The number of esters is 5. The number of ether oxygens (including phenoxy) is 6. The third-order valence-corrected chi connectivity index (χ3v) is 9.70. The molecular formula is C33H44O13. The van der Waals surface area contributed by atoms with Crippen molar-refractivity contribution in [2.45, 2.75) is 116 Å². The minimum Gasteiger partial charge on any atom is -0.464 e. The number of fused-ring (bicyclic) bond motifs is 1. The molecule has 2 saturated carbocycles. The number of rotatable bonds is 9. The Kier molecular flexibility index (Phi) is 9.65. The van der Waals surface area contributed by atoms with Crippen LogP contribution in [0.1, 0.15) is 78.6 Å². The van der Waals surface area contributed by atoms with Gasteiger partial charge in [-0.1, -0.05) is 32.0 Å². The Hall–Kier alpha value is -3.55. The molecule has 1 heterocycles. The largest absolute Gasteiger partial charge is 0.464 e. The van der Waals surface area contributed by atoms with Gasteiger partial charge < -0.3 is 38.6 Å². The molecule has 13 heteroatoms. The van der Waals surface area contributed by atoms with Crippen LogP contribution in [0.3, 0.4) is 0 Å². The number of hydrogen-bond acceptors (Lipinski definition) is 13. The molecule has 10 atom stereocenters. The molecule has 1 aliphatic heterocycles. The summed E-state index contributed by atoms with van der Waals surface area (Å²) in [6, 6.07) is 7.88. The molecular weight excluding hydrogens is 604 g/mol. The first-order valence-corrected chi connectivity index (χ1v) is 15.4. The number of hydrogen-bond donors (Lipinski definition) is 2. The van der Waals surface area contributed by atoms with Gasteiger partial charge in [0.1, 0.15) is 29.8 Å². The Morgan fingerprint density at radius 3 is 2.04 bits per heavy atom. The van der Waals surface area contributed by atoms with Gasteiger partial charge in [-0.15, -0.1) is 0 Å². The van der Waals surface area contributed by atoms with Crippen molar-refractivity contribution in [1.82, 2.24) is 0 Å². The van der Waals surface area contributed by atoms with Crippen LogP contribution in [0.2, 0.25) is 0 Å². The molecule has 1 aromatic rings. The Morgan fingerprint density at radius 1 is 0.913 bits per heavy atom. The number of aliphatic hydroxyl groups excluding tert-OH is 1. The van der Waals surface area contributed by atoms with Gasteiger partial charge in [-0.3, -0.25) is 19.2 Å². The topological polar surface area (TPSA) is 181 Å². The average Bonchev–Trinajstić information content (AvgIpc) is 3.14. The summed E-state index contributed by atoms with van der Waals surface area (Å²) in [5.41, 5.74) is -7.82. The molecule has 1 saturated heterocycles. The molecule has 0 amide bonds. The van der Waals surface area contributed by atoms with E-state index in [1.165, 1.54) is 19.1 Å². The van der Waals surface area contributed by atoms with Crippen molar-refractivity contribution in [3.8, 4) is 0 Å². The van der Waals surface area contributed by atoms with Gasteiger partial charge in [0.2, 0.25) is 0 Å². The van der Waals surface area contributed by atoms with Crippen molar-refractivity contribution in [1.29, 1.82) is 0 Å². The fourth-order valence-corrected chi connectivity index (χ4v) is 7.80. The first kappa shape index (κ1) is 35.3. The molecule has 3 aliphatic rings. The predicted molar refractivity (Wildman–Crippen MR) is 158 cm³/mol. The maximum absolute atomic E-state index is 13.8. The van der Waals surface area contributed by atoms with Gasteiger partial charge >= 0.3 is 29.8 Å². The minimum atomic E-state index is -2.22. The minimum absolute atomic E-state index is 0.103. The summed E-state index contributed by atoms with van der Waals surface area (Å²) >= 11 is 0. The van der Waals surface area contributed by atoms with Gasteiger partial charge in [0, 0.05) is 27.2 Å². The monoisotopic (exact) mass is 648 g/mol. The van der Waals surface area contributed by atoms with Crippen molar-refractivity contribution >= 4 is 29.8 Å². The molecule has 4 rings (SSSR count). The van der Waals surface area contributed by atoms with Crippen LogP contribution in [0.25, 0.3) is 0 Å². The lowest BCUT2D eigenvalue weighted by Crippen LogP contribution is -2.85. The van der Waals surface area contributed by atoms with Crippen LogP contribution in [0, 0.1) is 17.3 Å². The van der Waals surface area contributed by atoms with Crippen LogP contribution in [-0.2, 0) is 47.6 Å². The Labute approximate surface area is 267 Å². The molecule has 13 nitrogen and oxygen atoms in total. The fraction of sp³-hybridized carbons (Fsp3) is 0.667. The second-order valence-corrected chi connectivity index (χ2v) is 13.3. The quantitative estimate of drug-likeness (QED) is 0.294. The van der Waals surface area contributed by atoms with Crippen LogP contribution in [0.4, 0.5) is 0 Å². The van der Waals surface area contributed by atoms with Crippen LogP contribution in [-0.4, -0.2) is 94.0 Å². The van der Waals surface area contributed by atoms with Crippen molar-refractivity contribution < 1.29 is 62.6 Å². The highest BCUT2D eigenvalue weighted by Crippen LogP contribution is 2.69. The van der Waals surface area contributed by atoms with E-state index in [4.69, 9.17) is 28.4 Å². The molecule has 2 bridgehead atoms. The smallest absolute Gasteiger partial charge is 0.338 e. The van der Waals surface area contributed by atoms with E-state index in [1.54, 1.807) is 45.9 Å². The van der Waals surface area contributed by atoms with Gasteiger partial charge in [-0.2, -0.15) is 0 Å². The van der Waals surface area contributed by atoms with E-state index in [2.05, 4.69) is 0 Å². The highest BCUT2D eigenvalue weighted by molar-refractivity contribution is 5.89. The van der Waals surface area contributed by atoms with Crippen molar-refractivity contribution in [2.75, 3.05) is 6.61 Å². The summed E-state index contributed by atoms with van der Waals surface area (Å²) in [7, 11) is 0. The van der Waals surface area contributed by atoms with Gasteiger partial charge in [0.25, 0.3) is 0 Å². The Bertz CT molecular complexity index is 1360. The number of carbonyl (C=O) groups is 5. The average molecular weight is 649 g/mol. The van der Waals surface area contributed by atoms with Crippen LogP contribution in [0.5, 0.6) is 0 Å². The normalized spacial score (nSPS) is 36.4. The van der Waals surface area contributed by atoms with Crippen molar-refractivity contribution in [3.63, 3.8) is 0 Å². The van der Waals surface area contributed by atoms with E-state index in [0.717, 1.165) is 20.8 Å². The van der Waals surface area contributed by atoms with Crippen molar-refractivity contribution in [2.24, 2.45) is 17.3 Å². The van der Waals surface area contributed by atoms with Gasteiger partial charge in [-0.05, 0) is 39.3 Å². The summed E-state index contributed by atoms with van der Waals surface area (Å²) < 4.78 is 36.1. The molecule has 254 valence electrons. The summed E-state index contributed by atoms with van der Waals surface area (Å²) in [5, 5.41) is 24.7. The molecule has 3 fully saturated rings. The number of benzene rings is 1. The zero-order valence-corrected chi connectivity index (χ0v) is 27.4. The lowest BCUT2D eigenvalue weighted by Gasteiger charge is -2.66. The maximum atomic E-state index is 13.8. The summed E-state index contributed by atoms with van der Waals surface area (Å²) in [5.74, 6) is -5.76. The van der Waals surface area contributed by atoms with Gasteiger partial charge in [0.05, 0.1) is 34.7 Å². The lowest BCUT2D eigenvalue weighted by atomic mass is 9.45. The van der Waals surface area contributed by atoms with Gasteiger partial charge in [-0.25, -0.2) is 4.79 Å². The molecule has 2 N–H and O–H groups in total. The Morgan fingerprint density at radius 2 is 1.50 bits per heavy atom. The fourth-order valence-electron chi connectivity index (χ4n) is 7.80. The van der Waals surface area contributed by atoms with E-state index < -0.39 is 107 Å². The first-order valence-electron chi connectivity index (χ1n) is 15.4. The molecule has 46 heavy (non-hydrogen) atoms. The highest BCUT2D eigenvalue weighted by Gasteiger charge is 2.88. The summed E-state index contributed by atoms with van der Waals surface area (Å²) in [6.45, 7) is 10.5. The first-order chi connectivity index (χ1) is 21.4. The maximum Gasteiger partial charge on any atom is 0.338 e. The van der Waals surface area contributed by atoms with E-state index in [-0.39, 0.29) is 5.56 Å². The Balaban J connectivity index is 2.11. The van der Waals surface area contributed by atoms with Crippen LogP contribution >= 0.6 is 0 Å². The molecule has 10 unspecified atom stereocenters. The molecule has 1 spiro atoms. The summed E-state index contributed by atoms with van der Waals surface area (Å²) in [6.07, 6.45) is -7.94. The van der Waals surface area contributed by atoms with E-state index in [9.17, 15) is 34.2 Å². The lowest BCUT2D eigenvalue weighted by molar-refractivity contribution is -0.363. The number of carbonyl (C=O) groups excluding carboxylic acids is 5. The highest BCUT2D eigenvalue weighted by atomic mass is 16.6. The van der Waals surface area contributed by atoms with Crippen LogP contribution in [0.15, 0.2) is 30.3 Å². The third kappa shape index (κ3) is 5.66.